The summed E-state index contributed by atoms with van der Waals surface area (Å²) in [5.41, 5.74) is 7.41. The smallest absolute Gasteiger partial charge is 0.404 e. The second kappa shape index (κ2) is 14.0. The molecule has 9 nitrogen and oxygen atoms in total. The number of aryl methyl sites for hydroxylation is 1. The Kier molecular flexibility index (Phi) is 10.9. The molecule has 3 saturated carbocycles. The number of hydrogen-bond acceptors (Lipinski definition) is 5. The van der Waals surface area contributed by atoms with Gasteiger partial charge < -0.3 is 31.0 Å². The van der Waals surface area contributed by atoms with E-state index in [1.165, 1.54) is 12.0 Å². The van der Waals surface area contributed by atoms with Crippen LogP contribution in [-0.2, 0) is 20.5 Å². The van der Waals surface area contributed by atoms with Gasteiger partial charge in [0.15, 0.2) is 5.96 Å². The molecule has 4 aliphatic rings. The number of hydrogen-bond donors (Lipinski definition) is 4. The average molecular weight is 596 g/mol. The van der Waals surface area contributed by atoms with Gasteiger partial charge in [-0.2, -0.15) is 0 Å². The lowest BCUT2D eigenvalue weighted by molar-refractivity contribution is -0.199. The van der Waals surface area contributed by atoms with Crippen LogP contribution in [0.25, 0.3) is 0 Å². The van der Waals surface area contributed by atoms with E-state index in [4.69, 9.17) is 15.0 Å². The Labute approximate surface area is 259 Å². The Balaban J connectivity index is 1.46. The van der Waals surface area contributed by atoms with Gasteiger partial charge in [0.2, 0.25) is 5.91 Å². The van der Waals surface area contributed by atoms with E-state index in [1.807, 2.05) is 24.3 Å². The molecule has 5 N–H and O–H groups in total. The largest absolute Gasteiger partial charge is 0.481 e. The number of carbonyl (C=O) groups excluding carboxylic acids is 2. The van der Waals surface area contributed by atoms with Gasteiger partial charge in [-0.1, -0.05) is 53.2 Å². The van der Waals surface area contributed by atoms with E-state index < -0.39 is 13.2 Å². The number of nitrogens with one attached hydrogen (secondary N) is 3. The van der Waals surface area contributed by atoms with Crippen LogP contribution in [0.15, 0.2) is 29.3 Å². The zero-order valence-corrected chi connectivity index (χ0v) is 27.4. The predicted molar refractivity (Wildman–Crippen MR) is 173 cm³/mol. The lowest BCUT2D eigenvalue weighted by atomic mass is 9.43. The Morgan fingerprint density at radius 3 is 2.47 bits per heavy atom. The summed E-state index contributed by atoms with van der Waals surface area (Å²) in [6, 6.07) is 6.94. The Hall–Kier alpha value is -2.59. The zero-order chi connectivity index (χ0) is 31.4. The van der Waals surface area contributed by atoms with Crippen molar-refractivity contribution in [3.05, 3.63) is 35.4 Å². The Bertz CT molecular complexity index is 1140. The molecule has 6 atom stereocenters. The minimum absolute atomic E-state index is 0.0356. The highest BCUT2D eigenvalue weighted by Gasteiger charge is 2.68. The van der Waals surface area contributed by atoms with Crippen LogP contribution in [0.5, 0.6) is 0 Å². The maximum Gasteiger partial charge on any atom is 0.481 e. The van der Waals surface area contributed by atoms with Gasteiger partial charge >= 0.3 is 7.12 Å². The van der Waals surface area contributed by atoms with E-state index in [0.717, 1.165) is 25.7 Å². The van der Waals surface area contributed by atoms with Crippen LogP contribution in [0.3, 0.4) is 0 Å². The third-order valence-electron chi connectivity index (χ3n) is 10.2. The molecule has 43 heavy (non-hydrogen) atoms. The second-order valence-corrected chi connectivity index (χ2v) is 14.1. The molecule has 238 valence electrons. The van der Waals surface area contributed by atoms with E-state index in [1.54, 1.807) is 7.05 Å². The van der Waals surface area contributed by atoms with Gasteiger partial charge in [-0.15, -0.1) is 0 Å². The third-order valence-corrected chi connectivity index (χ3v) is 10.2. The van der Waals surface area contributed by atoms with Crippen molar-refractivity contribution in [1.82, 2.24) is 16.0 Å². The van der Waals surface area contributed by atoms with Gasteiger partial charge in [0, 0.05) is 19.2 Å². The van der Waals surface area contributed by atoms with Gasteiger partial charge in [0.25, 0.3) is 5.91 Å². The van der Waals surface area contributed by atoms with Crippen LogP contribution in [0.1, 0.15) is 102 Å². The van der Waals surface area contributed by atoms with Gasteiger partial charge in [-0.25, -0.2) is 0 Å². The summed E-state index contributed by atoms with van der Waals surface area (Å²) in [7, 11) is 1.10. The molecule has 0 spiro atoms. The SMILES string of the molecule is CCCCc1ccc(C(=O)N[C@@H](CCCNC(N)=NC)C(=O)N[C@@H](CC(C)C)B2O[C@@H]3C[C@@H]4C[C@@H](C4(C)C)[C@]3(C)O2)cc1. The van der Waals surface area contributed by atoms with Gasteiger partial charge in [-0.3, -0.25) is 14.6 Å². The van der Waals surface area contributed by atoms with Crippen molar-refractivity contribution >= 4 is 24.9 Å². The average Bonchev–Trinajstić information content (AvgIpc) is 3.34. The molecule has 1 aromatic carbocycles. The number of unbranched alkanes of at least 4 members (excludes halogenated alkanes) is 1. The number of amides is 2. The highest BCUT2D eigenvalue weighted by Crippen LogP contribution is 2.65. The minimum Gasteiger partial charge on any atom is -0.404 e. The van der Waals surface area contributed by atoms with Crippen LogP contribution in [0.4, 0.5) is 0 Å². The molecule has 2 amide bonds. The first-order valence-corrected chi connectivity index (χ1v) is 16.4. The van der Waals surface area contributed by atoms with E-state index in [-0.39, 0.29) is 34.9 Å². The zero-order valence-electron chi connectivity index (χ0n) is 27.4. The van der Waals surface area contributed by atoms with Crippen molar-refractivity contribution in [3.8, 4) is 0 Å². The summed E-state index contributed by atoms with van der Waals surface area (Å²) in [5, 5.41) is 9.29. The van der Waals surface area contributed by atoms with E-state index >= 15 is 0 Å². The van der Waals surface area contributed by atoms with Crippen LogP contribution in [0.2, 0.25) is 0 Å². The number of nitrogens with zero attached hydrogens (tertiary/aromatic N) is 1. The maximum absolute atomic E-state index is 13.9. The molecule has 1 saturated heterocycles. The molecule has 1 aliphatic heterocycles. The summed E-state index contributed by atoms with van der Waals surface area (Å²) in [4.78, 5) is 31.1. The monoisotopic (exact) mass is 595 g/mol. The molecule has 4 fully saturated rings. The van der Waals surface area contributed by atoms with Crippen molar-refractivity contribution in [2.45, 2.75) is 117 Å². The molecule has 0 unspecified atom stereocenters. The Morgan fingerprint density at radius 2 is 1.84 bits per heavy atom. The number of guanidine groups is 1. The summed E-state index contributed by atoms with van der Waals surface area (Å²) in [5.74, 6) is 0.933. The van der Waals surface area contributed by atoms with Crippen LogP contribution in [-0.4, -0.2) is 62.2 Å². The first-order chi connectivity index (χ1) is 20.4. The number of aliphatic imine (C=N–C) groups is 1. The third kappa shape index (κ3) is 7.56. The molecular weight excluding hydrogens is 541 g/mol. The topological polar surface area (TPSA) is 127 Å². The first kappa shape index (κ1) is 33.3. The summed E-state index contributed by atoms with van der Waals surface area (Å²) in [6.45, 7) is 13.9. The highest BCUT2D eigenvalue weighted by atomic mass is 16.7. The molecule has 5 rings (SSSR count). The molecule has 0 aromatic heterocycles. The molecule has 1 heterocycles. The van der Waals surface area contributed by atoms with Crippen LogP contribution in [0, 0.1) is 23.2 Å². The molecule has 2 bridgehead atoms. The van der Waals surface area contributed by atoms with Crippen LogP contribution < -0.4 is 21.7 Å². The molecule has 1 aromatic rings. The highest BCUT2D eigenvalue weighted by molar-refractivity contribution is 6.48. The molecule has 0 radical (unpaired) electrons. The molecule has 3 aliphatic carbocycles. The quantitative estimate of drug-likeness (QED) is 0.110. The number of benzene rings is 1. The summed E-state index contributed by atoms with van der Waals surface area (Å²) >= 11 is 0. The second-order valence-electron chi connectivity index (χ2n) is 14.1. The fraction of sp³-hybridized carbons (Fsp3) is 0.727. The fourth-order valence-electron chi connectivity index (χ4n) is 7.42. The minimum atomic E-state index is -0.727. The van der Waals surface area contributed by atoms with Crippen molar-refractivity contribution in [1.29, 1.82) is 0 Å². The number of carbonyl (C=O) groups is 2. The van der Waals surface area contributed by atoms with Gasteiger partial charge in [0.1, 0.15) is 6.04 Å². The van der Waals surface area contributed by atoms with Crippen LogP contribution >= 0.6 is 0 Å². The van der Waals surface area contributed by atoms with E-state index in [2.05, 4.69) is 62.5 Å². The predicted octanol–water partition coefficient (Wildman–Crippen LogP) is 4.24. The van der Waals surface area contributed by atoms with Crippen molar-refractivity contribution in [3.63, 3.8) is 0 Å². The lowest BCUT2D eigenvalue weighted by Gasteiger charge is -2.64. The normalized spacial score (nSPS) is 27.2. The van der Waals surface area contributed by atoms with Gasteiger partial charge in [0.05, 0.1) is 17.6 Å². The number of rotatable bonds is 14. The molecule has 10 heteroatoms. The lowest BCUT2D eigenvalue weighted by Crippen LogP contribution is -2.65. The van der Waals surface area contributed by atoms with Gasteiger partial charge in [-0.05, 0) is 92.7 Å². The van der Waals surface area contributed by atoms with Crippen molar-refractivity contribution in [2.75, 3.05) is 13.6 Å². The first-order valence-electron chi connectivity index (χ1n) is 16.4. The summed E-state index contributed by atoms with van der Waals surface area (Å²) in [6.07, 6.45) is 7.19. The van der Waals surface area contributed by atoms with E-state index in [9.17, 15) is 9.59 Å². The standard InChI is InChI=1S/C33H54BN5O4/c1-8-9-11-22-13-15-23(16-14-22)29(40)38-25(12-10-17-37-31(35)36-7)30(41)39-28(18-21(2)3)34-42-27-20-24-19-26(32(24,4)5)33(27,6)43-34/h13-16,21,24-28H,8-12,17-20H2,1-7H3,(H,38,40)(H,39,41)(H3,35,36,37)/t24-,25-,26-,27+,28-,33-/m0/s1. The summed E-state index contributed by atoms with van der Waals surface area (Å²) < 4.78 is 13.3. The van der Waals surface area contributed by atoms with E-state index in [0.29, 0.717) is 55.1 Å². The maximum atomic E-state index is 13.9. The Morgan fingerprint density at radius 1 is 1.12 bits per heavy atom. The van der Waals surface area contributed by atoms with Crippen molar-refractivity contribution in [2.24, 2.45) is 33.9 Å². The number of nitrogens with two attached hydrogens (primary N) is 1. The molecular formula is C33H54BN5O4. The fourth-order valence-corrected chi connectivity index (χ4v) is 7.42. The van der Waals surface area contributed by atoms with Crippen molar-refractivity contribution < 1.29 is 18.9 Å².